The number of β-amino-alcohol motifs (C(OH)–C–C–N with tert-alkyl or cyclic N) is 1. The molecule has 0 bridgehead atoms. The maximum absolute atomic E-state index is 12.6. The van der Waals surface area contributed by atoms with Gasteiger partial charge in [0, 0.05) is 25.3 Å². The molecule has 0 spiro atoms. The van der Waals surface area contributed by atoms with Gasteiger partial charge in [-0.25, -0.2) is 8.42 Å². The van der Waals surface area contributed by atoms with E-state index in [9.17, 15) is 13.5 Å². The SMILES string of the molecule is CC1CCN(S(=O)(=O)c2ccc3c(c2)CCN3)CC1O. The maximum atomic E-state index is 12.6. The van der Waals surface area contributed by atoms with Crippen molar-refractivity contribution in [2.24, 2.45) is 5.92 Å². The van der Waals surface area contributed by atoms with Gasteiger partial charge in [0.2, 0.25) is 10.0 Å². The number of hydrogen-bond acceptors (Lipinski definition) is 4. The first-order chi connectivity index (χ1) is 9.48. The molecule has 0 radical (unpaired) electrons. The first-order valence-electron chi connectivity index (χ1n) is 7.03. The van der Waals surface area contributed by atoms with Crippen molar-refractivity contribution in [3.05, 3.63) is 23.8 Å². The molecule has 110 valence electrons. The third-order valence-electron chi connectivity index (χ3n) is 4.31. The zero-order chi connectivity index (χ0) is 14.3. The molecule has 2 aliphatic rings. The molecule has 0 aliphatic carbocycles. The van der Waals surface area contributed by atoms with E-state index in [0.717, 1.165) is 24.2 Å². The van der Waals surface area contributed by atoms with Crippen LogP contribution in [0.25, 0.3) is 0 Å². The van der Waals surface area contributed by atoms with Crippen molar-refractivity contribution in [3.8, 4) is 0 Å². The van der Waals surface area contributed by atoms with E-state index in [1.165, 1.54) is 4.31 Å². The van der Waals surface area contributed by atoms with Crippen LogP contribution in [0.3, 0.4) is 0 Å². The topological polar surface area (TPSA) is 69.6 Å². The van der Waals surface area contributed by atoms with E-state index in [1.54, 1.807) is 12.1 Å². The normalized spacial score (nSPS) is 27.1. The van der Waals surface area contributed by atoms with Crippen LogP contribution in [-0.2, 0) is 16.4 Å². The fraction of sp³-hybridized carbons (Fsp3) is 0.571. The number of rotatable bonds is 2. The number of nitrogens with one attached hydrogen (secondary N) is 1. The molecule has 5 nitrogen and oxygen atoms in total. The quantitative estimate of drug-likeness (QED) is 0.856. The fourth-order valence-electron chi connectivity index (χ4n) is 2.83. The summed E-state index contributed by atoms with van der Waals surface area (Å²) in [6.07, 6.45) is 0.986. The Balaban J connectivity index is 1.88. The van der Waals surface area contributed by atoms with Gasteiger partial charge in [0.15, 0.2) is 0 Å². The molecule has 2 aliphatic heterocycles. The smallest absolute Gasteiger partial charge is 0.243 e. The van der Waals surface area contributed by atoms with Crippen molar-refractivity contribution in [1.82, 2.24) is 4.31 Å². The number of hydrogen-bond donors (Lipinski definition) is 2. The van der Waals surface area contributed by atoms with E-state index in [1.807, 2.05) is 13.0 Å². The Bertz CT molecular complexity index is 615. The molecule has 1 saturated heterocycles. The molecule has 0 aromatic heterocycles. The average Bonchev–Trinajstić information content (AvgIpc) is 2.89. The van der Waals surface area contributed by atoms with Crippen LogP contribution in [-0.4, -0.2) is 43.6 Å². The zero-order valence-corrected chi connectivity index (χ0v) is 12.4. The van der Waals surface area contributed by atoms with Gasteiger partial charge in [0.25, 0.3) is 0 Å². The highest BCUT2D eigenvalue weighted by atomic mass is 32.2. The molecule has 0 saturated carbocycles. The van der Waals surface area contributed by atoms with Crippen LogP contribution in [0.4, 0.5) is 5.69 Å². The van der Waals surface area contributed by atoms with Gasteiger partial charge in [0.05, 0.1) is 11.0 Å². The van der Waals surface area contributed by atoms with Gasteiger partial charge in [0.1, 0.15) is 0 Å². The highest BCUT2D eigenvalue weighted by Crippen LogP contribution is 2.28. The Labute approximate surface area is 119 Å². The summed E-state index contributed by atoms with van der Waals surface area (Å²) in [5.74, 6) is 0.158. The Morgan fingerprint density at radius 2 is 2.20 bits per heavy atom. The summed E-state index contributed by atoms with van der Waals surface area (Å²) < 4.78 is 26.7. The highest BCUT2D eigenvalue weighted by molar-refractivity contribution is 7.89. The van der Waals surface area contributed by atoms with Crippen LogP contribution < -0.4 is 5.32 Å². The molecule has 3 rings (SSSR count). The Morgan fingerprint density at radius 1 is 1.40 bits per heavy atom. The van der Waals surface area contributed by atoms with Crippen molar-refractivity contribution in [2.75, 3.05) is 25.0 Å². The lowest BCUT2D eigenvalue weighted by Crippen LogP contribution is -2.45. The monoisotopic (exact) mass is 296 g/mol. The fourth-order valence-corrected chi connectivity index (χ4v) is 4.35. The van der Waals surface area contributed by atoms with Crippen LogP contribution in [0.15, 0.2) is 23.1 Å². The number of aliphatic hydroxyl groups excluding tert-OH is 1. The lowest BCUT2D eigenvalue weighted by molar-refractivity contribution is 0.0605. The largest absolute Gasteiger partial charge is 0.391 e. The minimum atomic E-state index is -3.49. The molecule has 2 atom stereocenters. The molecule has 0 amide bonds. The van der Waals surface area contributed by atoms with Crippen molar-refractivity contribution >= 4 is 15.7 Å². The molecule has 20 heavy (non-hydrogen) atoms. The Morgan fingerprint density at radius 3 is 2.95 bits per heavy atom. The van der Waals surface area contributed by atoms with Crippen molar-refractivity contribution in [1.29, 1.82) is 0 Å². The first-order valence-corrected chi connectivity index (χ1v) is 8.47. The van der Waals surface area contributed by atoms with E-state index in [4.69, 9.17) is 0 Å². The second kappa shape index (κ2) is 5.02. The Kier molecular flexibility index (Phi) is 3.48. The first kappa shape index (κ1) is 13.9. The second-order valence-electron chi connectivity index (χ2n) is 5.69. The van der Waals surface area contributed by atoms with Crippen molar-refractivity contribution < 1.29 is 13.5 Å². The van der Waals surface area contributed by atoms with Gasteiger partial charge < -0.3 is 10.4 Å². The molecule has 6 heteroatoms. The van der Waals surface area contributed by atoms with Crippen LogP contribution in [0.2, 0.25) is 0 Å². The summed E-state index contributed by atoms with van der Waals surface area (Å²) >= 11 is 0. The number of fused-ring (bicyclic) bond motifs is 1. The molecule has 1 fully saturated rings. The van der Waals surface area contributed by atoms with E-state index in [2.05, 4.69) is 5.32 Å². The molecule has 2 heterocycles. The van der Waals surface area contributed by atoms with E-state index < -0.39 is 16.1 Å². The van der Waals surface area contributed by atoms with Crippen LogP contribution >= 0.6 is 0 Å². The maximum Gasteiger partial charge on any atom is 0.243 e. The number of sulfonamides is 1. The van der Waals surface area contributed by atoms with Gasteiger partial charge in [-0.2, -0.15) is 4.31 Å². The zero-order valence-electron chi connectivity index (χ0n) is 11.5. The third-order valence-corrected chi connectivity index (χ3v) is 6.17. The summed E-state index contributed by atoms with van der Waals surface area (Å²) in [5.41, 5.74) is 2.08. The second-order valence-corrected chi connectivity index (χ2v) is 7.63. The summed E-state index contributed by atoms with van der Waals surface area (Å²) in [5, 5.41) is 13.1. The standard InChI is InChI=1S/C14H20N2O3S/c1-10-5-7-16(9-14(10)17)20(18,19)12-2-3-13-11(8-12)4-6-15-13/h2-3,8,10,14-15,17H,4-7,9H2,1H3. The summed E-state index contributed by atoms with van der Waals surface area (Å²) in [7, 11) is -3.49. The molecule has 2 unspecified atom stereocenters. The average molecular weight is 296 g/mol. The van der Waals surface area contributed by atoms with Gasteiger partial charge in [-0.05, 0) is 42.5 Å². The molecule has 2 N–H and O–H groups in total. The van der Waals surface area contributed by atoms with Gasteiger partial charge >= 0.3 is 0 Å². The van der Waals surface area contributed by atoms with Gasteiger partial charge in [-0.1, -0.05) is 6.92 Å². The number of benzene rings is 1. The molecular weight excluding hydrogens is 276 g/mol. The van der Waals surface area contributed by atoms with E-state index >= 15 is 0 Å². The van der Waals surface area contributed by atoms with Crippen LogP contribution in [0, 0.1) is 5.92 Å². The minimum Gasteiger partial charge on any atom is -0.391 e. The number of piperidine rings is 1. The van der Waals surface area contributed by atoms with Crippen molar-refractivity contribution in [3.63, 3.8) is 0 Å². The predicted octanol–water partition coefficient (Wildman–Crippen LogP) is 1.05. The van der Waals surface area contributed by atoms with Crippen LogP contribution in [0.5, 0.6) is 0 Å². The summed E-state index contributed by atoms with van der Waals surface area (Å²) in [6.45, 7) is 3.49. The molecular formula is C14H20N2O3S. The van der Waals surface area contributed by atoms with Gasteiger partial charge in [-0.15, -0.1) is 0 Å². The number of nitrogens with zero attached hydrogens (tertiary/aromatic N) is 1. The number of aliphatic hydroxyl groups is 1. The van der Waals surface area contributed by atoms with Crippen molar-refractivity contribution in [2.45, 2.75) is 30.8 Å². The van der Waals surface area contributed by atoms with Gasteiger partial charge in [-0.3, -0.25) is 0 Å². The van der Waals surface area contributed by atoms with Crippen LogP contribution in [0.1, 0.15) is 18.9 Å². The molecule has 1 aromatic rings. The summed E-state index contributed by atoms with van der Waals surface area (Å²) in [6, 6.07) is 5.24. The Hall–Kier alpha value is -1.11. The minimum absolute atomic E-state index is 0.158. The number of anilines is 1. The molecule has 1 aromatic carbocycles. The third kappa shape index (κ3) is 2.32. The van der Waals surface area contributed by atoms with E-state index in [-0.39, 0.29) is 12.5 Å². The van der Waals surface area contributed by atoms with E-state index in [0.29, 0.717) is 17.9 Å². The highest BCUT2D eigenvalue weighted by Gasteiger charge is 2.33. The predicted molar refractivity (Wildman–Crippen MR) is 77.2 cm³/mol. The summed E-state index contributed by atoms with van der Waals surface area (Å²) in [4.78, 5) is 0.335. The lowest BCUT2D eigenvalue weighted by Gasteiger charge is -2.33. The lowest BCUT2D eigenvalue weighted by atomic mass is 9.98.